The molecule has 1 fully saturated rings. The fourth-order valence-corrected chi connectivity index (χ4v) is 4.30. The Morgan fingerprint density at radius 3 is 2.55 bits per heavy atom. The molecule has 2 amide bonds. The van der Waals surface area contributed by atoms with Crippen LogP contribution in [0.3, 0.4) is 0 Å². The van der Waals surface area contributed by atoms with Crippen molar-refractivity contribution >= 4 is 23.5 Å². The molecule has 2 aromatic heterocycles. The second-order valence-electron chi connectivity index (χ2n) is 9.51. The minimum atomic E-state index is -1.02. The number of hydrogen-bond acceptors (Lipinski definition) is 10. The van der Waals surface area contributed by atoms with Crippen molar-refractivity contribution in [3.05, 3.63) is 53.9 Å². The second kappa shape index (κ2) is 12.4. The van der Waals surface area contributed by atoms with E-state index in [0.717, 1.165) is 0 Å². The number of aliphatic hydroxyl groups excluding tert-OH is 1. The molecule has 4 rings (SSSR count). The number of hydrogen-bond donors (Lipinski definition) is 2. The number of pyridine rings is 1. The maximum absolute atomic E-state index is 12.4. The molecule has 0 spiro atoms. The Bertz CT molecular complexity index is 1430. The summed E-state index contributed by atoms with van der Waals surface area (Å²) in [7, 11) is 4.75. The van der Waals surface area contributed by atoms with Gasteiger partial charge in [0.2, 0.25) is 5.88 Å². The first-order chi connectivity index (χ1) is 19.2. The van der Waals surface area contributed by atoms with E-state index in [2.05, 4.69) is 26.3 Å². The summed E-state index contributed by atoms with van der Waals surface area (Å²) >= 11 is 0. The van der Waals surface area contributed by atoms with Gasteiger partial charge in [0, 0.05) is 51.7 Å². The van der Waals surface area contributed by atoms with Crippen molar-refractivity contribution in [3.8, 4) is 29.0 Å². The highest BCUT2D eigenvalue weighted by Gasteiger charge is 2.26. The molecule has 12 heteroatoms. The van der Waals surface area contributed by atoms with Gasteiger partial charge in [0.25, 0.3) is 11.8 Å². The van der Waals surface area contributed by atoms with Gasteiger partial charge in [-0.2, -0.15) is 10.2 Å². The SMILES string of the molecule is COc1nc(Nc2cc(-c3ccc(OC4CCN(C(=O)C(C)O)CC4)c(C#N)c3)ncn2)ccc1C(=O)N(C)C. The molecule has 1 saturated heterocycles. The van der Waals surface area contributed by atoms with E-state index in [9.17, 15) is 20.0 Å². The Morgan fingerprint density at radius 2 is 1.90 bits per heavy atom. The number of amides is 2. The van der Waals surface area contributed by atoms with Crippen LogP contribution in [0.15, 0.2) is 42.7 Å². The Morgan fingerprint density at radius 1 is 1.15 bits per heavy atom. The third-order valence-electron chi connectivity index (χ3n) is 6.41. The number of carbonyl (C=O) groups is 2. The quantitative estimate of drug-likeness (QED) is 0.432. The van der Waals surface area contributed by atoms with E-state index in [4.69, 9.17) is 9.47 Å². The van der Waals surface area contributed by atoms with Crippen LogP contribution in [0, 0.1) is 11.3 Å². The van der Waals surface area contributed by atoms with Gasteiger partial charge >= 0.3 is 0 Å². The molecule has 1 aliphatic rings. The molecule has 1 aliphatic heterocycles. The summed E-state index contributed by atoms with van der Waals surface area (Å²) in [5, 5.41) is 22.4. The van der Waals surface area contributed by atoms with Crippen LogP contribution in [0.5, 0.6) is 11.6 Å². The van der Waals surface area contributed by atoms with Crippen LogP contribution >= 0.6 is 0 Å². The summed E-state index contributed by atoms with van der Waals surface area (Å²) in [6.45, 7) is 2.43. The van der Waals surface area contributed by atoms with E-state index in [1.807, 2.05) is 6.07 Å². The highest BCUT2D eigenvalue weighted by Crippen LogP contribution is 2.29. The van der Waals surface area contributed by atoms with Gasteiger partial charge in [-0.1, -0.05) is 0 Å². The Kier molecular flexibility index (Phi) is 8.76. The lowest BCUT2D eigenvalue weighted by Gasteiger charge is -2.33. The highest BCUT2D eigenvalue weighted by molar-refractivity contribution is 5.96. The largest absolute Gasteiger partial charge is 0.489 e. The number of nitriles is 1. The lowest BCUT2D eigenvalue weighted by Crippen LogP contribution is -2.45. The Labute approximate surface area is 232 Å². The summed E-state index contributed by atoms with van der Waals surface area (Å²) in [4.78, 5) is 40.4. The zero-order chi connectivity index (χ0) is 28.8. The number of carbonyl (C=O) groups excluding carboxylic acids is 2. The van der Waals surface area contributed by atoms with Gasteiger partial charge in [-0.05, 0) is 37.3 Å². The molecule has 3 aromatic rings. The first-order valence-electron chi connectivity index (χ1n) is 12.7. The first-order valence-corrected chi connectivity index (χ1v) is 12.7. The van der Waals surface area contributed by atoms with Gasteiger partial charge in [0.15, 0.2) is 0 Å². The molecule has 3 heterocycles. The molecular formula is C28H31N7O5. The smallest absolute Gasteiger partial charge is 0.258 e. The third-order valence-corrected chi connectivity index (χ3v) is 6.41. The topological polar surface area (TPSA) is 154 Å². The normalized spacial score (nSPS) is 14.2. The second-order valence-corrected chi connectivity index (χ2v) is 9.51. The van der Waals surface area contributed by atoms with Gasteiger partial charge in [-0.25, -0.2) is 9.97 Å². The van der Waals surface area contributed by atoms with E-state index < -0.39 is 6.10 Å². The van der Waals surface area contributed by atoms with Crippen molar-refractivity contribution in [2.75, 3.05) is 39.6 Å². The maximum atomic E-state index is 12.4. The molecule has 0 saturated carbocycles. The number of nitrogens with zero attached hydrogens (tertiary/aromatic N) is 6. The molecule has 208 valence electrons. The van der Waals surface area contributed by atoms with Crippen molar-refractivity contribution in [3.63, 3.8) is 0 Å². The van der Waals surface area contributed by atoms with Crippen molar-refractivity contribution in [2.24, 2.45) is 0 Å². The molecule has 2 N–H and O–H groups in total. The zero-order valence-corrected chi connectivity index (χ0v) is 22.8. The monoisotopic (exact) mass is 545 g/mol. The third kappa shape index (κ3) is 6.44. The van der Waals surface area contributed by atoms with Crippen LogP contribution in [0.25, 0.3) is 11.3 Å². The number of anilines is 2. The summed E-state index contributed by atoms with van der Waals surface area (Å²) in [5.41, 5.74) is 1.98. The first kappa shape index (κ1) is 28.3. The number of rotatable bonds is 8. The molecule has 1 aromatic carbocycles. The molecule has 1 unspecified atom stereocenters. The van der Waals surface area contributed by atoms with Crippen LogP contribution in [0.1, 0.15) is 35.7 Å². The molecule has 12 nitrogen and oxygen atoms in total. The summed E-state index contributed by atoms with van der Waals surface area (Å²) in [5.74, 6) is 1.03. The minimum absolute atomic E-state index is 0.144. The van der Waals surface area contributed by atoms with Gasteiger partial charge in [-0.15, -0.1) is 0 Å². The number of nitrogens with one attached hydrogen (secondary N) is 1. The van der Waals surface area contributed by atoms with Gasteiger partial charge in [0.05, 0.1) is 18.4 Å². The van der Waals surface area contributed by atoms with E-state index >= 15 is 0 Å². The van der Waals surface area contributed by atoms with E-state index in [1.165, 1.54) is 25.3 Å². The molecule has 0 bridgehead atoms. The number of aliphatic hydroxyl groups is 1. The average Bonchev–Trinajstić information content (AvgIpc) is 2.97. The fourth-order valence-electron chi connectivity index (χ4n) is 4.30. The molecular weight excluding hydrogens is 514 g/mol. The predicted molar refractivity (Wildman–Crippen MR) is 146 cm³/mol. The van der Waals surface area contributed by atoms with E-state index in [1.54, 1.807) is 49.3 Å². The van der Waals surface area contributed by atoms with Crippen molar-refractivity contribution in [2.45, 2.75) is 32.0 Å². The van der Waals surface area contributed by atoms with Crippen molar-refractivity contribution in [1.29, 1.82) is 5.26 Å². The standard InChI is InChI=1S/C28H31N7O5/c1-17(36)27(37)35-11-9-20(10-12-35)40-23-7-5-18(13-19(23)15-29)22-14-25(31-16-30-22)32-24-8-6-21(26(33-24)39-4)28(38)34(2)3/h5-8,13-14,16-17,20,36H,9-12H2,1-4H3,(H,30,31,32,33). The number of piperidine rings is 1. The highest BCUT2D eigenvalue weighted by atomic mass is 16.5. The molecule has 0 radical (unpaired) electrons. The van der Waals surface area contributed by atoms with Gasteiger partial charge in [0.1, 0.15) is 47.6 Å². The predicted octanol–water partition coefficient (Wildman–Crippen LogP) is 2.61. The van der Waals surface area contributed by atoms with Crippen LogP contribution in [0.2, 0.25) is 0 Å². The van der Waals surface area contributed by atoms with Gasteiger partial charge in [-0.3, -0.25) is 9.59 Å². The zero-order valence-electron chi connectivity index (χ0n) is 22.8. The lowest BCUT2D eigenvalue weighted by atomic mass is 10.1. The summed E-state index contributed by atoms with van der Waals surface area (Å²) < 4.78 is 11.4. The van der Waals surface area contributed by atoms with E-state index in [-0.39, 0.29) is 23.8 Å². The number of likely N-dealkylation sites (tertiary alicyclic amines) is 1. The van der Waals surface area contributed by atoms with Crippen molar-refractivity contribution < 1.29 is 24.2 Å². The molecule has 0 aliphatic carbocycles. The number of ether oxygens (including phenoxy) is 2. The lowest BCUT2D eigenvalue weighted by molar-refractivity contribution is -0.141. The van der Waals surface area contributed by atoms with Gasteiger partial charge < -0.3 is 29.7 Å². The maximum Gasteiger partial charge on any atom is 0.258 e. The van der Waals surface area contributed by atoms with Crippen LogP contribution in [-0.2, 0) is 4.79 Å². The fraction of sp³-hybridized carbons (Fsp3) is 0.357. The number of methoxy groups -OCH3 is 1. The number of benzene rings is 1. The minimum Gasteiger partial charge on any atom is -0.489 e. The number of aromatic nitrogens is 3. The van der Waals surface area contributed by atoms with Crippen LogP contribution in [-0.4, -0.2) is 88.2 Å². The van der Waals surface area contributed by atoms with E-state index in [0.29, 0.717) is 65.7 Å². The van der Waals surface area contributed by atoms with Crippen LogP contribution in [0.4, 0.5) is 11.6 Å². The summed E-state index contributed by atoms with van der Waals surface area (Å²) in [6.07, 6.45) is 1.45. The molecule has 40 heavy (non-hydrogen) atoms. The van der Waals surface area contributed by atoms with Crippen molar-refractivity contribution in [1.82, 2.24) is 24.8 Å². The van der Waals surface area contributed by atoms with Crippen LogP contribution < -0.4 is 14.8 Å². The summed E-state index contributed by atoms with van der Waals surface area (Å²) in [6, 6.07) is 12.5. The Balaban J connectivity index is 1.47. The Hall–Kier alpha value is -4.76. The molecule has 1 atom stereocenters. The average molecular weight is 546 g/mol.